The monoisotopic (exact) mass is 440 g/mol. The number of amides is 1. The van der Waals surface area contributed by atoms with Crippen molar-refractivity contribution in [3.8, 4) is 5.75 Å². The molecule has 1 aliphatic rings. The van der Waals surface area contributed by atoms with Crippen LogP contribution >= 0.6 is 0 Å². The van der Waals surface area contributed by atoms with Gasteiger partial charge in [0, 0.05) is 6.54 Å². The molecule has 0 atom stereocenters. The SMILES string of the molecule is CCOc1ccccc1NC(=O)c1cc(S(=O)(=O)N2CCc3ccccc32)ccc1F. The van der Waals surface area contributed by atoms with E-state index in [0.29, 0.717) is 36.7 Å². The van der Waals surface area contributed by atoms with Crippen molar-refractivity contribution in [1.29, 1.82) is 0 Å². The minimum Gasteiger partial charge on any atom is -0.492 e. The molecule has 3 aromatic carbocycles. The second kappa shape index (κ2) is 8.39. The van der Waals surface area contributed by atoms with Crippen LogP contribution in [0.15, 0.2) is 71.6 Å². The highest BCUT2D eigenvalue weighted by atomic mass is 32.2. The Labute approximate surface area is 180 Å². The number of nitrogens with one attached hydrogen (secondary N) is 1. The van der Waals surface area contributed by atoms with Crippen molar-refractivity contribution in [3.63, 3.8) is 0 Å². The highest BCUT2D eigenvalue weighted by Gasteiger charge is 2.31. The maximum absolute atomic E-state index is 14.5. The summed E-state index contributed by atoms with van der Waals surface area (Å²) >= 11 is 0. The first-order valence-corrected chi connectivity index (χ1v) is 11.3. The van der Waals surface area contributed by atoms with Gasteiger partial charge in [-0.15, -0.1) is 0 Å². The lowest BCUT2D eigenvalue weighted by Crippen LogP contribution is -2.29. The number of nitrogens with zero attached hydrogens (tertiary/aromatic N) is 1. The Morgan fingerprint density at radius 3 is 2.65 bits per heavy atom. The number of para-hydroxylation sites is 3. The average molecular weight is 440 g/mol. The van der Waals surface area contributed by atoms with Crippen LogP contribution in [0.4, 0.5) is 15.8 Å². The van der Waals surface area contributed by atoms with Crippen LogP contribution in [0.3, 0.4) is 0 Å². The van der Waals surface area contributed by atoms with E-state index < -0.39 is 21.7 Å². The van der Waals surface area contributed by atoms with Crippen molar-refractivity contribution in [1.82, 2.24) is 0 Å². The first kappa shape index (κ1) is 20.9. The van der Waals surface area contributed by atoms with Gasteiger partial charge in [-0.25, -0.2) is 12.8 Å². The van der Waals surface area contributed by atoms with E-state index in [0.717, 1.165) is 17.7 Å². The fourth-order valence-electron chi connectivity index (χ4n) is 3.56. The van der Waals surface area contributed by atoms with Gasteiger partial charge in [0.25, 0.3) is 15.9 Å². The lowest BCUT2D eigenvalue weighted by molar-refractivity contribution is 0.102. The molecule has 6 nitrogen and oxygen atoms in total. The van der Waals surface area contributed by atoms with Gasteiger partial charge >= 0.3 is 0 Å². The van der Waals surface area contributed by atoms with Crippen LogP contribution in [0.5, 0.6) is 5.75 Å². The minimum absolute atomic E-state index is 0.145. The first-order valence-electron chi connectivity index (χ1n) is 9.85. The number of benzene rings is 3. The number of sulfonamides is 1. The average Bonchev–Trinajstić information content (AvgIpc) is 3.20. The normalized spacial score (nSPS) is 13.0. The van der Waals surface area contributed by atoms with Gasteiger partial charge < -0.3 is 10.1 Å². The summed E-state index contributed by atoms with van der Waals surface area (Å²) in [5.74, 6) is -1.13. The Morgan fingerprint density at radius 2 is 1.84 bits per heavy atom. The third-order valence-electron chi connectivity index (χ3n) is 5.05. The van der Waals surface area contributed by atoms with E-state index in [2.05, 4.69) is 5.32 Å². The maximum atomic E-state index is 14.5. The van der Waals surface area contributed by atoms with E-state index in [-0.39, 0.29) is 10.5 Å². The molecule has 3 aromatic rings. The molecule has 0 fully saturated rings. The number of halogens is 1. The number of ether oxygens (including phenoxy) is 1. The number of anilines is 2. The zero-order valence-electron chi connectivity index (χ0n) is 16.8. The second-order valence-electron chi connectivity index (χ2n) is 6.98. The van der Waals surface area contributed by atoms with Gasteiger partial charge in [-0.2, -0.15) is 0 Å². The Kier molecular flexibility index (Phi) is 5.65. The van der Waals surface area contributed by atoms with E-state index >= 15 is 0 Å². The standard InChI is InChI=1S/C23H21FN2O4S/c1-2-30-22-10-6-4-8-20(22)25-23(27)18-15-17(11-12-19(18)24)31(28,29)26-14-13-16-7-3-5-9-21(16)26/h3-12,15H,2,13-14H2,1H3,(H,25,27). The fourth-order valence-corrected chi connectivity index (χ4v) is 5.09. The number of rotatable bonds is 6. The van der Waals surface area contributed by atoms with E-state index in [1.54, 1.807) is 36.4 Å². The van der Waals surface area contributed by atoms with Gasteiger partial charge in [-0.05, 0) is 55.3 Å². The maximum Gasteiger partial charge on any atom is 0.264 e. The van der Waals surface area contributed by atoms with Crippen LogP contribution in [0.2, 0.25) is 0 Å². The van der Waals surface area contributed by atoms with Crippen molar-refractivity contribution in [2.24, 2.45) is 0 Å². The molecule has 0 unspecified atom stereocenters. The molecular weight excluding hydrogens is 419 g/mol. The van der Waals surface area contributed by atoms with Crippen molar-refractivity contribution < 1.29 is 22.3 Å². The molecule has 0 bridgehead atoms. The predicted molar refractivity (Wildman–Crippen MR) is 117 cm³/mol. The van der Waals surface area contributed by atoms with E-state index in [1.807, 2.05) is 19.1 Å². The van der Waals surface area contributed by atoms with Crippen LogP contribution in [0.1, 0.15) is 22.8 Å². The summed E-state index contributed by atoms with van der Waals surface area (Å²) in [4.78, 5) is 12.6. The van der Waals surface area contributed by atoms with Crippen molar-refractivity contribution >= 4 is 27.3 Å². The molecule has 0 radical (unpaired) electrons. The van der Waals surface area contributed by atoms with Gasteiger partial charge in [0.1, 0.15) is 11.6 Å². The number of hydrogen-bond donors (Lipinski definition) is 1. The van der Waals surface area contributed by atoms with E-state index in [1.165, 1.54) is 10.4 Å². The van der Waals surface area contributed by atoms with E-state index in [4.69, 9.17) is 4.74 Å². The molecule has 31 heavy (non-hydrogen) atoms. The lowest BCUT2D eigenvalue weighted by atomic mass is 10.2. The van der Waals surface area contributed by atoms with Gasteiger partial charge in [0.2, 0.25) is 0 Å². The number of carbonyl (C=O) groups excluding carboxylic acids is 1. The molecule has 0 aromatic heterocycles. The molecule has 0 aliphatic carbocycles. The quantitative estimate of drug-likeness (QED) is 0.623. The largest absolute Gasteiger partial charge is 0.492 e. The van der Waals surface area contributed by atoms with Gasteiger partial charge in [0.15, 0.2) is 0 Å². The number of hydrogen-bond acceptors (Lipinski definition) is 4. The van der Waals surface area contributed by atoms with Crippen LogP contribution < -0.4 is 14.4 Å². The zero-order chi connectivity index (χ0) is 22.0. The Hall–Kier alpha value is -3.39. The summed E-state index contributed by atoms with van der Waals surface area (Å²) in [5.41, 5.74) is 1.54. The highest BCUT2D eigenvalue weighted by molar-refractivity contribution is 7.92. The van der Waals surface area contributed by atoms with Crippen LogP contribution in [-0.4, -0.2) is 27.5 Å². The highest BCUT2D eigenvalue weighted by Crippen LogP contribution is 2.33. The van der Waals surface area contributed by atoms with Crippen molar-refractivity contribution in [3.05, 3.63) is 83.7 Å². The van der Waals surface area contributed by atoms with Gasteiger partial charge in [-0.3, -0.25) is 9.10 Å². The molecule has 4 rings (SSSR count). The molecule has 1 N–H and O–H groups in total. The molecule has 1 aliphatic heterocycles. The smallest absolute Gasteiger partial charge is 0.264 e. The fraction of sp³-hybridized carbons (Fsp3) is 0.174. The van der Waals surface area contributed by atoms with Crippen LogP contribution in [0.25, 0.3) is 0 Å². The second-order valence-corrected chi connectivity index (χ2v) is 8.84. The Bertz CT molecular complexity index is 1240. The molecular formula is C23H21FN2O4S. The molecule has 0 spiro atoms. The minimum atomic E-state index is -3.95. The van der Waals surface area contributed by atoms with Crippen molar-refractivity contribution in [2.45, 2.75) is 18.2 Å². The topological polar surface area (TPSA) is 75.7 Å². The first-order chi connectivity index (χ1) is 14.9. The zero-order valence-corrected chi connectivity index (χ0v) is 17.7. The van der Waals surface area contributed by atoms with Crippen molar-refractivity contribution in [2.75, 3.05) is 22.8 Å². The summed E-state index contributed by atoms with van der Waals surface area (Å²) in [6, 6.07) is 17.3. The summed E-state index contributed by atoms with van der Waals surface area (Å²) in [7, 11) is -3.95. The van der Waals surface area contributed by atoms with Gasteiger partial charge in [0.05, 0.1) is 28.4 Å². The molecule has 1 heterocycles. The molecule has 0 saturated heterocycles. The summed E-state index contributed by atoms with van der Waals surface area (Å²) in [6.07, 6.45) is 0.595. The van der Waals surface area contributed by atoms with Gasteiger partial charge in [-0.1, -0.05) is 30.3 Å². The molecule has 8 heteroatoms. The molecule has 1 amide bonds. The number of fused-ring (bicyclic) bond motifs is 1. The lowest BCUT2D eigenvalue weighted by Gasteiger charge is -2.20. The third-order valence-corrected chi connectivity index (χ3v) is 6.86. The van der Waals surface area contributed by atoms with Crippen LogP contribution in [0, 0.1) is 5.82 Å². The summed E-state index contributed by atoms with van der Waals surface area (Å²) in [6.45, 7) is 2.50. The summed E-state index contributed by atoms with van der Waals surface area (Å²) in [5, 5.41) is 2.60. The predicted octanol–water partition coefficient (Wildman–Crippen LogP) is 4.23. The Balaban J connectivity index is 1.66. The molecule has 160 valence electrons. The number of carbonyl (C=O) groups is 1. The van der Waals surface area contributed by atoms with Crippen LogP contribution in [-0.2, 0) is 16.4 Å². The van der Waals surface area contributed by atoms with E-state index in [9.17, 15) is 17.6 Å². The Morgan fingerprint density at radius 1 is 1.10 bits per heavy atom. The third kappa shape index (κ3) is 3.98. The molecule has 0 saturated carbocycles. The summed E-state index contributed by atoms with van der Waals surface area (Å²) < 4.78 is 47.7.